The van der Waals surface area contributed by atoms with Crippen molar-refractivity contribution in [1.82, 2.24) is 5.01 Å². The maximum atomic E-state index is 10.7. The Bertz CT molecular complexity index is 206. The molecule has 6 heteroatoms. The lowest BCUT2D eigenvalue weighted by atomic mass is 10.3. The average molecular weight is 203 g/mol. The quantitative estimate of drug-likeness (QED) is 0.203. The topological polar surface area (TPSA) is 102 Å². The molecule has 0 saturated heterocycles. The van der Waals surface area contributed by atoms with Gasteiger partial charge in [-0.15, -0.1) is 0 Å². The van der Waals surface area contributed by atoms with Gasteiger partial charge >= 0.3 is 0 Å². The first-order chi connectivity index (χ1) is 6.57. The summed E-state index contributed by atoms with van der Waals surface area (Å²) in [6.45, 7) is 2.41. The molecule has 0 aromatic rings. The van der Waals surface area contributed by atoms with Gasteiger partial charge in [-0.25, -0.2) is 5.84 Å². The number of rotatable bonds is 7. The van der Waals surface area contributed by atoms with Gasteiger partial charge in [-0.05, 0) is 0 Å². The van der Waals surface area contributed by atoms with Crippen LogP contribution in [0, 0.1) is 0 Å². The van der Waals surface area contributed by atoms with Gasteiger partial charge in [0.15, 0.2) is 5.78 Å². The standard InChI is InChI=1S/C8H17N3O3/c1-7(13)8(9)6-11(10)2-4-14-5-3-12/h6,12H,2-5,9-10H2,1H3/b8-6-. The number of hydrogen-bond donors (Lipinski definition) is 3. The largest absolute Gasteiger partial charge is 0.395 e. The number of ketones is 1. The molecule has 5 N–H and O–H groups in total. The molecule has 82 valence electrons. The number of Topliss-reactive ketones (excluding diaryl/α,β-unsaturated/α-hetero) is 1. The number of allylic oxidation sites excluding steroid dienone is 1. The fourth-order valence-electron chi connectivity index (χ4n) is 0.671. The van der Waals surface area contributed by atoms with Crippen molar-refractivity contribution in [2.24, 2.45) is 11.6 Å². The van der Waals surface area contributed by atoms with E-state index in [0.717, 1.165) is 0 Å². The van der Waals surface area contributed by atoms with Gasteiger partial charge < -0.3 is 20.6 Å². The van der Waals surface area contributed by atoms with Crippen LogP contribution in [0.15, 0.2) is 11.9 Å². The zero-order valence-electron chi connectivity index (χ0n) is 8.27. The third kappa shape index (κ3) is 6.41. The molecule has 0 atom stereocenters. The summed E-state index contributed by atoms with van der Waals surface area (Å²) in [5, 5.41) is 9.68. The minimum Gasteiger partial charge on any atom is -0.395 e. The van der Waals surface area contributed by atoms with E-state index in [4.69, 9.17) is 21.4 Å². The highest BCUT2D eigenvalue weighted by Crippen LogP contribution is 1.88. The van der Waals surface area contributed by atoms with Gasteiger partial charge in [0.2, 0.25) is 0 Å². The third-order valence-corrected chi connectivity index (χ3v) is 1.44. The van der Waals surface area contributed by atoms with Crippen LogP contribution in [0.2, 0.25) is 0 Å². The summed E-state index contributed by atoms with van der Waals surface area (Å²) in [4.78, 5) is 10.7. The van der Waals surface area contributed by atoms with E-state index in [-0.39, 0.29) is 24.7 Å². The number of ether oxygens (including phenoxy) is 1. The summed E-state index contributed by atoms with van der Waals surface area (Å²) in [6.07, 6.45) is 1.35. The average Bonchev–Trinajstić information content (AvgIpc) is 2.12. The van der Waals surface area contributed by atoms with E-state index in [1.54, 1.807) is 0 Å². The zero-order valence-corrected chi connectivity index (χ0v) is 8.27. The van der Waals surface area contributed by atoms with Crippen LogP contribution in [0.4, 0.5) is 0 Å². The molecule has 14 heavy (non-hydrogen) atoms. The smallest absolute Gasteiger partial charge is 0.176 e. The van der Waals surface area contributed by atoms with Crippen LogP contribution >= 0.6 is 0 Å². The number of nitrogens with two attached hydrogens (primary N) is 2. The SMILES string of the molecule is CC(=O)/C(N)=C/N(N)CCOCCO. The molecule has 0 aliphatic carbocycles. The fraction of sp³-hybridized carbons (Fsp3) is 0.625. The predicted octanol–water partition coefficient (Wildman–Crippen LogP) is -1.44. The van der Waals surface area contributed by atoms with Gasteiger partial charge in [0, 0.05) is 13.1 Å². The lowest BCUT2D eigenvalue weighted by molar-refractivity contribution is -0.113. The van der Waals surface area contributed by atoms with Gasteiger partial charge in [0.1, 0.15) is 0 Å². The molecule has 0 amide bonds. The molecule has 0 rings (SSSR count). The van der Waals surface area contributed by atoms with E-state index in [0.29, 0.717) is 13.2 Å². The molecule has 0 unspecified atom stereocenters. The zero-order chi connectivity index (χ0) is 11.0. The maximum absolute atomic E-state index is 10.7. The molecule has 0 radical (unpaired) electrons. The maximum Gasteiger partial charge on any atom is 0.176 e. The fourth-order valence-corrected chi connectivity index (χ4v) is 0.671. The molecule has 0 saturated carbocycles. The Balaban J connectivity index is 3.69. The highest BCUT2D eigenvalue weighted by atomic mass is 16.5. The van der Waals surface area contributed by atoms with Crippen LogP contribution < -0.4 is 11.6 Å². The monoisotopic (exact) mass is 203 g/mol. The minimum atomic E-state index is -0.225. The highest BCUT2D eigenvalue weighted by Gasteiger charge is 1.99. The van der Waals surface area contributed by atoms with Gasteiger partial charge in [-0.3, -0.25) is 4.79 Å². The van der Waals surface area contributed by atoms with Crippen LogP contribution in [0.5, 0.6) is 0 Å². The summed E-state index contributed by atoms with van der Waals surface area (Å²) < 4.78 is 4.97. The third-order valence-electron chi connectivity index (χ3n) is 1.44. The van der Waals surface area contributed by atoms with Gasteiger partial charge in [-0.1, -0.05) is 0 Å². The van der Waals surface area contributed by atoms with Crippen LogP contribution in [-0.2, 0) is 9.53 Å². The lowest BCUT2D eigenvalue weighted by Crippen LogP contribution is -2.31. The number of aliphatic hydroxyl groups is 1. The van der Waals surface area contributed by atoms with Crippen molar-refractivity contribution in [3.05, 3.63) is 11.9 Å². The van der Waals surface area contributed by atoms with Crippen LogP contribution in [0.3, 0.4) is 0 Å². The number of hydrazine groups is 1. The molecule has 0 spiro atoms. The Kier molecular flexibility index (Phi) is 6.73. The first-order valence-electron chi connectivity index (χ1n) is 4.26. The van der Waals surface area contributed by atoms with Crippen molar-refractivity contribution in [3.63, 3.8) is 0 Å². The highest BCUT2D eigenvalue weighted by molar-refractivity contribution is 5.92. The molecule has 0 aromatic heterocycles. The predicted molar refractivity (Wildman–Crippen MR) is 51.7 cm³/mol. The second kappa shape index (κ2) is 7.31. The van der Waals surface area contributed by atoms with Crippen molar-refractivity contribution < 1.29 is 14.6 Å². The molecular weight excluding hydrogens is 186 g/mol. The molecular formula is C8H17N3O3. The summed E-state index contributed by atoms with van der Waals surface area (Å²) in [5.74, 6) is 5.25. The Morgan fingerprint density at radius 1 is 1.57 bits per heavy atom. The van der Waals surface area contributed by atoms with Crippen LogP contribution in [0.25, 0.3) is 0 Å². The Morgan fingerprint density at radius 3 is 2.71 bits per heavy atom. The van der Waals surface area contributed by atoms with E-state index < -0.39 is 0 Å². The first kappa shape index (κ1) is 12.9. The number of nitrogens with zero attached hydrogens (tertiary/aromatic N) is 1. The second-order valence-corrected chi connectivity index (χ2v) is 2.71. The van der Waals surface area contributed by atoms with Crippen molar-refractivity contribution >= 4 is 5.78 Å². The minimum absolute atomic E-state index is 0.0179. The number of aliphatic hydroxyl groups excluding tert-OH is 1. The lowest BCUT2D eigenvalue weighted by Gasteiger charge is -2.13. The second-order valence-electron chi connectivity index (χ2n) is 2.71. The van der Waals surface area contributed by atoms with E-state index >= 15 is 0 Å². The van der Waals surface area contributed by atoms with Crippen LogP contribution in [-0.4, -0.2) is 42.3 Å². The van der Waals surface area contributed by atoms with Crippen molar-refractivity contribution in [2.45, 2.75) is 6.92 Å². The Morgan fingerprint density at radius 2 is 2.21 bits per heavy atom. The molecule has 6 nitrogen and oxygen atoms in total. The number of carbonyl (C=O) groups is 1. The summed E-state index contributed by atoms with van der Waals surface area (Å²) in [5.41, 5.74) is 5.46. The molecule has 0 bridgehead atoms. The van der Waals surface area contributed by atoms with Crippen molar-refractivity contribution in [3.8, 4) is 0 Å². The van der Waals surface area contributed by atoms with Crippen molar-refractivity contribution in [2.75, 3.05) is 26.4 Å². The summed E-state index contributed by atoms with van der Waals surface area (Å²) in [7, 11) is 0. The van der Waals surface area contributed by atoms with Crippen LogP contribution in [0.1, 0.15) is 6.92 Å². The molecule has 0 aliphatic rings. The van der Waals surface area contributed by atoms with Gasteiger partial charge in [-0.2, -0.15) is 0 Å². The number of hydrogen-bond acceptors (Lipinski definition) is 6. The van der Waals surface area contributed by atoms with E-state index in [1.807, 2.05) is 0 Å². The molecule has 0 aliphatic heterocycles. The van der Waals surface area contributed by atoms with E-state index in [1.165, 1.54) is 18.1 Å². The molecule has 0 heterocycles. The summed E-state index contributed by atoms with van der Waals surface area (Å²) >= 11 is 0. The number of carbonyl (C=O) groups excluding carboxylic acids is 1. The Labute approximate surface area is 83.1 Å². The van der Waals surface area contributed by atoms with Gasteiger partial charge in [0.25, 0.3) is 0 Å². The normalized spacial score (nSPS) is 11.5. The van der Waals surface area contributed by atoms with Gasteiger partial charge in [0.05, 0.1) is 32.1 Å². The molecule has 0 fully saturated rings. The molecule has 0 aromatic carbocycles. The Hall–Kier alpha value is -1.11. The van der Waals surface area contributed by atoms with Crippen molar-refractivity contribution in [1.29, 1.82) is 0 Å². The first-order valence-corrected chi connectivity index (χ1v) is 4.26. The van der Waals surface area contributed by atoms with E-state index in [2.05, 4.69) is 0 Å². The summed E-state index contributed by atoms with van der Waals surface area (Å²) in [6, 6.07) is 0. The van der Waals surface area contributed by atoms with E-state index in [9.17, 15) is 4.79 Å².